The second-order valence-electron chi connectivity index (χ2n) is 4.32. The van der Waals surface area contributed by atoms with Gasteiger partial charge in [-0.05, 0) is 30.5 Å². The van der Waals surface area contributed by atoms with Crippen molar-refractivity contribution in [3.63, 3.8) is 0 Å². The monoisotopic (exact) mass is 306 g/mol. The number of aliphatic hydroxyl groups excluding tert-OH is 1. The van der Waals surface area contributed by atoms with Gasteiger partial charge in [-0.15, -0.1) is 11.3 Å². The molecule has 0 spiro atoms. The Balaban J connectivity index is 2.06. The van der Waals surface area contributed by atoms with Gasteiger partial charge in [-0.2, -0.15) is 0 Å². The Labute approximate surface area is 125 Å². The lowest BCUT2D eigenvalue weighted by atomic mass is 10.1. The molecule has 0 bridgehead atoms. The maximum absolute atomic E-state index is 12.0. The van der Waals surface area contributed by atoms with Gasteiger partial charge in [-0.1, -0.05) is 12.1 Å². The average molecular weight is 306 g/mol. The van der Waals surface area contributed by atoms with Crippen molar-refractivity contribution >= 4 is 28.9 Å². The summed E-state index contributed by atoms with van der Waals surface area (Å²) in [6, 6.07) is 7.29. The molecular weight excluding hydrogens is 292 g/mol. The maximum atomic E-state index is 12.0. The zero-order chi connectivity index (χ0) is 15.2. The predicted octanol–water partition coefficient (Wildman–Crippen LogP) is 2.02. The van der Waals surface area contributed by atoms with Gasteiger partial charge >= 0.3 is 5.97 Å². The number of hydrogen-bond acceptors (Lipinski definition) is 5. The van der Waals surface area contributed by atoms with Crippen LogP contribution >= 0.6 is 11.3 Å². The number of rotatable bonds is 6. The van der Waals surface area contributed by atoms with E-state index >= 15 is 0 Å². The van der Waals surface area contributed by atoms with Gasteiger partial charge in [0.15, 0.2) is 10.7 Å². The molecular formula is C14H14N2O4S. The first-order valence-corrected chi connectivity index (χ1v) is 7.18. The molecule has 1 amide bonds. The minimum Gasteiger partial charge on any atom is -0.476 e. The lowest BCUT2D eigenvalue weighted by molar-refractivity contribution is 0.0691. The molecule has 0 aliphatic heterocycles. The smallest absolute Gasteiger partial charge is 0.355 e. The SMILES string of the molecule is O=C(O)c1csc(C(=O)Nc2cccc(CCCO)c2)n1. The first-order chi connectivity index (χ1) is 10.1. The van der Waals surface area contributed by atoms with Crippen LogP contribution in [0.15, 0.2) is 29.6 Å². The summed E-state index contributed by atoms with van der Waals surface area (Å²) < 4.78 is 0. The van der Waals surface area contributed by atoms with Crippen LogP contribution < -0.4 is 5.32 Å². The Kier molecular flexibility index (Phi) is 5.02. The molecule has 21 heavy (non-hydrogen) atoms. The number of amides is 1. The van der Waals surface area contributed by atoms with E-state index in [1.54, 1.807) is 6.07 Å². The molecule has 1 aromatic heterocycles. The largest absolute Gasteiger partial charge is 0.476 e. The van der Waals surface area contributed by atoms with Gasteiger partial charge in [0.1, 0.15) is 0 Å². The Morgan fingerprint density at radius 2 is 2.14 bits per heavy atom. The molecule has 0 unspecified atom stereocenters. The number of carboxylic acids is 1. The van der Waals surface area contributed by atoms with Gasteiger partial charge in [-0.3, -0.25) is 4.79 Å². The van der Waals surface area contributed by atoms with Gasteiger partial charge in [-0.25, -0.2) is 9.78 Å². The summed E-state index contributed by atoms with van der Waals surface area (Å²) >= 11 is 0.986. The molecule has 6 nitrogen and oxygen atoms in total. The fourth-order valence-corrected chi connectivity index (χ4v) is 2.43. The predicted molar refractivity (Wildman–Crippen MR) is 78.9 cm³/mol. The van der Waals surface area contributed by atoms with Crippen LogP contribution in [0.3, 0.4) is 0 Å². The normalized spacial score (nSPS) is 10.3. The van der Waals surface area contributed by atoms with Gasteiger partial charge in [0.2, 0.25) is 0 Å². The molecule has 2 aromatic rings. The van der Waals surface area contributed by atoms with Crippen LogP contribution in [-0.4, -0.2) is 33.7 Å². The van der Waals surface area contributed by atoms with Gasteiger partial charge in [0, 0.05) is 17.7 Å². The van der Waals surface area contributed by atoms with Crippen LogP contribution in [0.4, 0.5) is 5.69 Å². The number of aryl methyl sites for hydroxylation is 1. The van der Waals surface area contributed by atoms with Gasteiger partial charge in [0.05, 0.1) is 0 Å². The van der Waals surface area contributed by atoms with Crippen molar-refractivity contribution in [2.24, 2.45) is 0 Å². The van der Waals surface area contributed by atoms with E-state index in [9.17, 15) is 9.59 Å². The van der Waals surface area contributed by atoms with Crippen molar-refractivity contribution in [2.45, 2.75) is 12.8 Å². The Hall–Kier alpha value is -2.25. The van der Waals surface area contributed by atoms with E-state index in [2.05, 4.69) is 10.3 Å². The van der Waals surface area contributed by atoms with E-state index in [1.807, 2.05) is 18.2 Å². The molecule has 0 saturated carbocycles. The van der Waals surface area contributed by atoms with Gasteiger partial charge < -0.3 is 15.5 Å². The third-order valence-corrected chi connectivity index (χ3v) is 3.57. The highest BCUT2D eigenvalue weighted by Crippen LogP contribution is 2.15. The Morgan fingerprint density at radius 3 is 2.81 bits per heavy atom. The van der Waals surface area contributed by atoms with Crippen molar-refractivity contribution in [3.05, 3.63) is 45.9 Å². The second-order valence-corrected chi connectivity index (χ2v) is 5.18. The molecule has 1 aromatic carbocycles. The van der Waals surface area contributed by atoms with Crippen LogP contribution in [0.2, 0.25) is 0 Å². The first kappa shape index (κ1) is 15.1. The van der Waals surface area contributed by atoms with Crippen LogP contribution in [0.1, 0.15) is 32.3 Å². The topological polar surface area (TPSA) is 99.5 Å². The fourth-order valence-electron chi connectivity index (χ4n) is 1.75. The van der Waals surface area contributed by atoms with E-state index < -0.39 is 11.9 Å². The highest BCUT2D eigenvalue weighted by molar-refractivity contribution is 7.12. The van der Waals surface area contributed by atoms with Crippen molar-refractivity contribution in [1.82, 2.24) is 4.98 Å². The van der Waals surface area contributed by atoms with E-state index in [1.165, 1.54) is 5.38 Å². The minimum absolute atomic E-state index is 0.105. The van der Waals surface area contributed by atoms with E-state index in [-0.39, 0.29) is 17.3 Å². The number of carbonyl (C=O) groups is 2. The molecule has 0 saturated heterocycles. The van der Waals surface area contributed by atoms with Crippen molar-refractivity contribution in [1.29, 1.82) is 0 Å². The fraction of sp³-hybridized carbons (Fsp3) is 0.214. The van der Waals surface area contributed by atoms with E-state index in [0.29, 0.717) is 12.1 Å². The molecule has 2 rings (SSSR count). The van der Waals surface area contributed by atoms with Crippen LogP contribution in [0.5, 0.6) is 0 Å². The average Bonchev–Trinajstić information content (AvgIpc) is 2.95. The summed E-state index contributed by atoms with van der Waals surface area (Å²) in [5, 5.41) is 21.7. The summed E-state index contributed by atoms with van der Waals surface area (Å²) in [6.45, 7) is 0.119. The number of carbonyl (C=O) groups excluding carboxylic acids is 1. The molecule has 0 aliphatic rings. The number of anilines is 1. The minimum atomic E-state index is -1.16. The van der Waals surface area contributed by atoms with Crippen LogP contribution in [0, 0.1) is 0 Å². The lowest BCUT2D eigenvalue weighted by Crippen LogP contribution is -2.12. The number of carboxylic acid groups (broad SMARTS) is 1. The summed E-state index contributed by atoms with van der Waals surface area (Å²) in [5.41, 5.74) is 1.48. The van der Waals surface area contributed by atoms with Crippen LogP contribution in [-0.2, 0) is 6.42 Å². The lowest BCUT2D eigenvalue weighted by Gasteiger charge is -2.05. The molecule has 0 fully saturated rings. The van der Waals surface area contributed by atoms with E-state index in [4.69, 9.17) is 10.2 Å². The zero-order valence-corrected chi connectivity index (χ0v) is 11.9. The van der Waals surface area contributed by atoms with Crippen molar-refractivity contribution in [2.75, 3.05) is 11.9 Å². The molecule has 0 aliphatic carbocycles. The summed E-state index contributed by atoms with van der Waals surface area (Å²) in [4.78, 5) is 26.5. The van der Waals surface area contributed by atoms with Gasteiger partial charge in [0.25, 0.3) is 5.91 Å². The van der Waals surface area contributed by atoms with E-state index in [0.717, 1.165) is 23.3 Å². The number of nitrogens with one attached hydrogen (secondary N) is 1. The quantitative estimate of drug-likeness (QED) is 0.758. The highest BCUT2D eigenvalue weighted by atomic mass is 32.1. The Bertz CT molecular complexity index is 654. The number of nitrogens with zero attached hydrogens (tertiary/aromatic N) is 1. The molecule has 110 valence electrons. The molecule has 0 atom stereocenters. The summed E-state index contributed by atoms with van der Waals surface area (Å²) in [5.74, 6) is -1.59. The summed E-state index contributed by atoms with van der Waals surface area (Å²) in [7, 11) is 0. The van der Waals surface area contributed by atoms with Crippen molar-refractivity contribution < 1.29 is 19.8 Å². The third-order valence-electron chi connectivity index (χ3n) is 2.73. The van der Waals surface area contributed by atoms with Crippen molar-refractivity contribution in [3.8, 4) is 0 Å². The molecule has 3 N–H and O–H groups in total. The standard InChI is InChI=1S/C14H14N2O4S/c17-6-2-4-9-3-1-5-10(7-9)15-12(18)13-16-11(8-21-13)14(19)20/h1,3,5,7-8,17H,2,4,6H2,(H,15,18)(H,19,20). The number of hydrogen-bond donors (Lipinski definition) is 3. The molecule has 1 heterocycles. The summed E-state index contributed by atoms with van der Waals surface area (Å²) in [6.07, 6.45) is 1.38. The van der Waals surface area contributed by atoms with Crippen LogP contribution in [0.25, 0.3) is 0 Å². The maximum Gasteiger partial charge on any atom is 0.355 e. The third kappa shape index (κ3) is 4.11. The molecule has 0 radical (unpaired) electrons. The number of aromatic carboxylic acids is 1. The number of thiazole rings is 1. The first-order valence-electron chi connectivity index (χ1n) is 6.30. The number of benzene rings is 1. The Morgan fingerprint density at radius 1 is 1.33 bits per heavy atom. The molecule has 7 heteroatoms. The highest BCUT2D eigenvalue weighted by Gasteiger charge is 2.14. The number of aliphatic hydroxyl groups is 1. The number of aromatic nitrogens is 1. The second kappa shape index (κ2) is 6.96. The zero-order valence-electron chi connectivity index (χ0n) is 11.1.